The minimum absolute atomic E-state index is 0.0318. The summed E-state index contributed by atoms with van der Waals surface area (Å²) in [6.07, 6.45) is 11.8. The molecule has 3 amide bonds. The van der Waals surface area contributed by atoms with Crippen molar-refractivity contribution < 1.29 is 33.8 Å². The number of likely N-dealkylation sites (N-methyl/N-ethyl adjacent to an activating group) is 1. The van der Waals surface area contributed by atoms with Gasteiger partial charge < -0.3 is 29.3 Å². The maximum atomic E-state index is 15.2. The van der Waals surface area contributed by atoms with Crippen LogP contribution < -0.4 is 0 Å². The molecule has 1 aliphatic carbocycles. The minimum Gasteiger partial charge on any atom is -0.455 e. The van der Waals surface area contributed by atoms with Crippen LogP contribution in [0.5, 0.6) is 0 Å². The molecule has 0 unspecified atom stereocenters. The van der Waals surface area contributed by atoms with E-state index in [4.69, 9.17) is 9.47 Å². The quantitative estimate of drug-likeness (QED) is 0.352. The van der Waals surface area contributed by atoms with Gasteiger partial charge in [-0.2, -0.15) is 0 Å². The molecule has 4 aliphatic heterocycles. The number of hydrogen-bond acceptors (Lipinski definition) is 7. The summed E-state index contributed by atoms with van der Waals surface area (Å²) in [7, 11) is 1.72. The number of rotatable bonds is 6. The number of hydrogen-bond donors (Lipinski definition) is 1. The second kappa shape index (κ2) is 14.8. The van der Waals surface area contributed by atoms with E-state index >= 15 is 4.79 Å². The van der Waals surface area contributed by atoms with Gasteiger partial charge in [0.15, 0.2) is 0 Å². The van der Waals surface area contributed by atoms with E-state index in [1.807, 2.05) is 90.7 Å². The molecule has 2 aromatic rings. The number of allylic oxidation sites excluding steroid dienone is 1. The van der Waals surface area contributed by atoms with Gasteiger partial charge in [0.25, 0.3) is 0 Å². The standard InChI is InChI=1S/C41H49N3O7/c1-27-36(29-17-9-4-10-18-29)50-40(49)34-32-22-23-41(51-32)35(34)38(47)44(31(26-45)25-28-15-7-3-8-16-28)37(41)39(48)43(30-19-11-5-12-20-30)24-14-6-13-21-33(46)42(27)2/h3-4,6-10,14-18,22-23,27,30-32,34-37,45H,5,11-13,19-21,24-26H2,1-2H3/b14-6-/t27-,31-,32+,34-,35-,36+,37+,41-/m1/s1. The van der Waals surface area contributed by atoms with E-state index in [0.717, 1.165) is 43.2 Å². The number of benzene rings is 2. The lowest BCUT2D eigenvalue weighted by atomic mass is 9.74. The van der Waals surface area contributed by atoms with Crippen molar-refractivity contribution in [1.29, 1.82) is 0 Å². The van der Waals surface area contributed by atoms with Crippen molar-refractivity contribution in [2.45, 2.75) is 100 Å². The lowest BCUT2D eigenvalue weighted by Gasteiger charge is -2.42. The molecular formula is C41H49N3O7. The average Bonchev–Trinajstić information content (AvgIpc) is 3.81. The first-order valence-corrected chi connectivity index (χ1v) is 18.6. The van der Waals surface area contributed by atoms with Crippen molar-refractivity contribution in [2.24, 2.45) is 11.8 Å². The fourth-order valence-electron chi connectivity index (χ4n) is 9.07. The van der Waals surface area contributed by atoms with E-state index in [1.54, 1.807) is 22.9 Å². The fraction of sp³-hybridized carbons (Fsp3) is 0.512. The van der Waals surface area contributed by atoms with Crippen molar-refractivity contribution >= 4 is 23.7 Å². The van der Waals surface area contributed by atoms with Gasteiger partial charge in [-0.3, -0.25) is 19.2 Å². The summed E-state index contributed by atoms with van der Waals surface area (Å²) < 4.78 is 13.1. The monoisotopic (exact) mass is 695 g/mol. The molecule has 1 spiro atoms. The number of aliphatic hydroxyl groups is 1. The molecule has 8 atom stereocenters. The van der Waals surface area contributed by atoms with E-state index in [1.165, 1.54) is 0 Å². The Morgan fingerprint density at radius 3 is 2.33 bits per heavy atom. The highest BCUT2D eigenvalue weighted by Gasteiger charge is 2.74. The van der Waals surface area contributed by atoms with Gasteiger partial charge in [0, 0.05) is 26.1 Å². The molecule has 10 heteroatoms. The fourth-order valence-corrected chi connectivity index (χ4v) is 9.07. The zero-order valence-corrected chi connectivity index (χ0v) is 29.5. The number of cyclic esters (lactones) is 1. The summed E-state index contributed by atoms with van der Waals surface area (Å²) in [6.45, 7) is 1.81. The lowest BCUT2D eigenvalue weighted by Crippen LogP contribution is -2.60. The van der Waals surface area contributed by atoms with Crippen LogP contribution in [0.2, 0.25) is 0 Å². The first-order valence-electron chi connectivity index (χ1n) is 18.6. The number of amides is 3. The second-order valence-electron chi connectivity index (χ2n) is 14.8. The van der Waals surface area contributed by atoms with Crippen LogP contribution in [-0.4, -0.2) is 99.6 Å². The highest BCUT2D eigenvalue weighted by atomic mass is 16.6. The predicted molar refractivity (Wildman–Crippen MR) is 190 cm³/mol. The van der Waals surface area contributed by atoms with Gasteiger partial charge in [0.1, 0.15) is 23.7 Å². The Labute approximate surface area is 300 Å². The normalized spacial score (nSPS) is 33.0. The molecule has 1 saturated carbocycles. The third-order valence-corrected chi connectivity index (χ3v) is 11.8. The van der Waals surface area contributed by atoms with Gasteiger partial charge in [0.2, 0.25) is 17.7 Å². The van der Waals surface area contributed by atoms with Crippen LogP contribution in [0.15, 0.2) is 85.0 Å². The number of ether oxygens (including phenoxy) is 2. The van der Waals surface area contributed by atoms with Crippen molar-refractivity contribution in [3.05, 3.63) is 96.1 Å². The molecule has 270 valence electrons. The van der Waals surface area contributed by atoms with Gasteiger partial charge in [0.05, 0.1) is 30.7 Å². The van der Waals surface area contributed by atoms with Crippen LogP contribution in [0.25, 0.3) is 0 Å². The van der Waals surface area contributed by atoms with Crippen LogP contribution >= 0.6 is 0 Å². The van der Waals surface area contributed by atoms with Crippen LogP contribution in [-0.2, 0) is 35.1 Å². The van der Waals surface area contributed by atoms with Crippen molar-refractivity contribution in [2.75, 3.05) is 20.2 Å². The molecule has 3 fully saturated rings. The van der Waals surface area contributed by atoms with E-state index in [2.05, 4.69) is 0 Å². The van der Waals surface area contributed by atoms with E-state index < -0.39 is 59.6 Å². The number of fused-ring (bicyclic) bond motifs is 2. The summed E-state index contributed by atoms with van der Waals surface area (Å²) in [5, 5.41) is 10.9. The summed E-state index contributed by atoms with van der Waals surface area (Å²) in [5.74, 6) is -3.38. The molecule has 2 aromatic carbocycles. The number of nitrogens with zero attached hydrogens (tertiary/aromatic N) is 3. The molecular weight excluding hydrogens is 646 g/mol. The van der Waals surface area contributed by atoms with Gasteiger partial charge in [-0.25, -0.2) is 0 Å². The van der Waals surface area contributed by atoms with Crippen LogP contribution in [0.3, 0.4) is 0 Å². The highest BCUT2D eigenvalue weighted by Crippen LogP contribution is 2.56. The first-order chi connectivity index (χ1) is 24.7. The predicted octanol–water partition coefficient (Wildman–Crippen LogP) is 4.38. The Balaban J connectivity index is 1.33. The molecule has 1 N–H and O–H groups in total. The minimum atomic E-state index is -1.40. The Kier molecular flexibility index (Phi) is 10.2. The molecule has 5 aliphatic rings. The maximum absolute atomic E-state index is 15.2. The average molecular weight is 696 g/mol. The van der Waals surface area contributed by atoms with Crippen LogP contribution in [0.4, 0.5) is 0 Å². The van der Waals surface area contributed by atoms with Gasteiger partial charge in [-0.05, 0) is 43.7 Å². The van der Waals surface area contributed by atoms with E-state index in [0.29, 0.717) is 19.4 Å². The Morgan fingerprint density at radius 1 is 0.922 bits per heavy atom. The number of carbonyl (C=O) groups is 4. The summed E-state index contributed by atoms with van der Waals surface area (Å²) in [4.78, 5) is 63.2. The summed E-state index contributed by atoms with van der Waals surface area (Å²) in [5.41, 5.74) is 0.239. The molecule has 2 saturated heterocycles. The van der Waals surface area contributed by atoms with Gasteiger partial charge in [-0.15, -0.1) is 0 Å². The Hall–Kier alpha value is -4.28. The highest BCUT2D eigenvalue weighted by molar-refractivity contribution is 5.99. The molecule has 51 heavy (non-hydrogen) atoms. The Morgan fingerprint density at radius 2 is 1.63 bits per heavy atom. The number of likely N-dealkylation sites (tertiary alicyclic amines) is 1. The van der Waals surface area contributed by atoms with Crippen LogP contribution in [0, 0.1) is 11.8 Å². The topological polar surface area (TPSA) is 117 Å². The molecule has 5 bridgehead atoms. The molecule has 0 aromatic heterocycles. The molecule has 10 nitrogen and oxygen atoms in total. The maximum Gasteiger partial charge on any atom is 0.313 e. The smallest absolute Gasteiger partial charge is 0.313 e. The Bertz CT molecular complexity index is 1660. The molecule has 0 radical (unpaired) electrons. The zero-order chi connectivity index (χ0) is 35.7. The molecule has 7 rings (SSSR count). The van der Waals surface area contributed by atoms with Crippen molar-refractivity contribution in [1.82, 2.24) is 14.7 Å². The number of aliphatic hydroxyl groups excluding tert-OH is 1. The summed E-state index contributed by atoms with van der Waals surface area (Å²) >= 11 is 0. The number of esters is 1. The number of carbonyl (C=O) groups excluding carboxylic acids is 4. The van der Waals surface area contributed by atoms with E-state index in [-0.39, 0.29) is 30.9 Å². The molecule has 4 heterocycles. The largest absolute Gasteiger partial charge is 0.455 e. The first kappa shape index (κ1) is 35.1. The summed E-state index contributed by atoms with van der Waals surface area (Å²) in [6, 6.07) is 16.6. The van der Waals surface area contributed by atoms with E-state index in [9.17, 15) is 19.5 Å². The third kappa shape index (κ3) is 6.41. The third-order valence-electron chi connectivity index (χ3n) is 11.8. The van der Waals surface area contributed by atoms with Crippen molar-refractivity contribution in [3.63, 3.8) is 0 Å². The van der Waals surface area contributed by atoms with Crippen molar-refractivity contribution in [3.8, 4) is 0 Å². The lowest BCUT2D eigenvalue weighted by molar-refractivity contribution is -0.164. The second-order valence-corrected chi connectivity index (χ2v) is 14.8. The van der Waals surface area contributed by atoms with Crippen LogP contribution in [0.1, 0.15) is 69.1 Å². The van der Waals surface area contributed by atoms with Gasteiger partial charge >= 0.3 is 5.97 Å². The SMILES string of the molecule is C[C@@H]1[C@@H](c2ccccc2)OC(=O)[C@@H]2[C@@H]3C=C[C@]4(O3)[C@H](C(=O)N(C3CCCCC3)C/C=C\CCC(=O)N1C)N([C@@H](CO)Cc1ccccc1)C(=O)[C@@H]24. The van der Waals surface area contributed by atoms with Gasteiger partial charge in [-0.1, -0.05) is 104 Å². The zero-order valence-electron chi connectivity index (χ0n) is 29.5.